The molecule has 2 unspecified atom stereocenters. The first kappa shape index (κ1) is 16.3. The van der Waals surface area contributed by atoms with Gasteiger partial charge in [0.1, 0.15) is 6.04 Å². The zero-order valence-electron chi connectivity index (χ0n) is 12.7. The van der Waals surface area contributed by atoms with Crippen LogP contribution in [0.5, 0.6) is 0 Å². The number of aryl methyl sites for hydroxylation is 2. The number of carbonyl (C=O) groups is 1. The Kier molecular flexibility index (Phi) is 5.24. The summed E-state index contributed by atoms with van der Waals surface area (Å²) in [5, 5.41) is 15.0. The Labute approximate surface area is 129 Å². The largest absolute Gasteiger partial charge is 0.468 e. The SMILES string of the molecule is CCc1nn(CC)c(CN2CC(O)CC2C(=O)OC)c1Cl. The fourth-order valence-corrected chi connectivity index (χ4v) is 3.12. The average Bonchev–Trinajstić information content (AvgIpc) is 2.99. The van der Waals surface area contributed by atoms with E-state index in [4.69, 9.17) is 16.3 Å². The van der Waals surface area contributed by atoms with E-state index in [9.17, 15) is 9.90 Å². The molecule has 7 heteroatoms. The second-order valence-corrected chi connectivity index (χ2v) is 5.61. The van der Waals surface area contributed by atoms with Gasteiger partial charge in [-0.15, -0.1) is 0 Å². The maximum atomic E-state index is 11.8. The summed E-state index contributed by atoms with van der Waals surface area (Å²) >= 11 is 6.40. The summed E-state index contributed by atoms with van der Waals surface area (Å²) in [6.45, 7) is 5.65. The van der Waals surface area contributed by atoms with Crippen molar-refractivity contribution in [2.45, 2.75) is 51.9 Å². The van der Waals surface area contributed by atoms with Crippen molar-refractivity contribution in [1.82, 2.24) is 14.7 Å². The Morgan fingerprint density at radius 2 is 2.24 bits per heavy atom. The molecule has 1 fully saturated rings. The highest BCUT2D eigenvalue weighted by Gasteiger charge is 2.37. The van der Waals surface area contributed by atoms with E-state index in [-0.39, 0.29) is 5.97 Å². The van der Waals surface area contributed by atoms with Crippen LogP contribution in [0.1, 0.15) is 31.7 Å². The molecule has 0 bridgehead atoms. The summed E-state index contributed by atoms with van der Waals surface area (Å²) in [7, 11) is 1.36. The highest BCUT2D eigenvalue weighted by atomic mass is 35.5. The quantitative estimate of drug-likeness (QED) is 0.828. The van der Waals surface area contributed by atoms with Gasteiger partial charge >= 0.3 is 5.97 Å². The van der Waals surface area contributed by atoms with Crippen LogP contribution in [-0.4, -0.2) is 51.6 Å². The highest BCUT2D eigenvalue weighted by molar-refractivity contribution is 6.31. The minimum Gasteiger partial charge on any atom is -0.468 e. The first-order valence-electron chi connectivity index (χ1n) is 7.25. The van der Waals surface area contributed by atoms with Crippen molar-refractivity contribution in [3.8, 4) is 0 Å². The number of aromatic nitrogens is 2. The fourth-order valence-electron chi connectivity index (χ4n) is 2.80. The molecule has 1 aromatic rings. The van der Waals surface area contributed by atoms with Gasteiger partial charge < -0.3 is 9.84 Å². The zero-order chi connectivity index (χ0) is 15.6. The van der Waals surface area contributed by atoms with Gasteiger partial charge in [0.05, 0.1) is 29.6 Å². The van der Waals surface area contributed by atoms with E-state index in [1.54, 1.807) is 0 Å². The molecule has 1 aliphatic rings. The molecule has 0 aliphatic carbocycles. The normalized spacial score (nSPS) is 22.7. The van der Waals surface area contributed by atoms with Crippen LogP contribution in [0.25, 0.3) is 0 Å². The standard InChI is InChI=1S/C14H22ClN3O3/c1-4-10-13(15)12(18(5-2)16-10)8-17-7-9(19)6-11(17)14(20)21-3/h9,11,19H,4-8H2,1-3H3. The summed E-state index contributed by atoms with van der Waals surface area (Å²) in [6.07, 6.45) is 0.643. The van der Waals surface area contributed by atoms with Gasteiger partial charge in [0.25, 0.3) is 0 Å². The van der Waals surface area contributed by atoms with Crippen LogP contribution >= 0.6 is 11.6 Å². The third kappa shape index (κ3) is 3.22. The van der Waals surface area contributed by atoms with E-state index in [1.807, 2.05) is 23.4 Å². The maximum Gasteiger partial charge on any atom is 0.323 e. The van der Waals surface area contributed by atoms with Gasteiger partial charge in [-0.1, -0.05) is 18.5 Å². The van der Waals surface area contributed by atoms with Gasteiger partial charge in [-0.3, -0.25) is 14.4 Å². The number of rotatable bonds is 5. The van der Waals surface area contributed by atoms with Crippen molar-refractivity contribution in [3.63, 3.8) is 0 Å². The molecular weight excluding hydrogens is 294 g/mol. The monoisotopic (exact) mass is 315 g/mol. The number of aliphatic hydroxyl groups is 1. The van der Waals surface area contributed by atoms with Crippen molar-refractivity contribution in [1.29, 1.82) is 0 Å². The Balaban J connectivity index is 2.24. The van der Waals surface area contributed by atoms with Crippen molar-refractivity contribution in [2.24, 2.45) is 0 Å². The van der Waals surface area contributed by atoms with Gasteiger partial charge in [-0.25, -0.2) is 0 Å². The number of ether oxygens (including phenoxy) is 1. The van der Waals surface area contributed by atoms with Crippen LogP contribution < -0.4 is 0 Å². The van der Waals surface area contributed by atoms with Crippen LogP contribution in [0.4, 0.5) is 0 Å². The molecule has 0 spiro atoms. The van der Waals surface area contributed by atoms with E-state index >= 15 is 0 Å². The number of nitrogens with zero attached hydrogens (tertiary/aromatic N) is 3. The molecule has 6 nitrogen and oxygen atoms in total. The van der Waals surface area contributed by atoms with E-state index in [0.29, 0.717) is 31.1 Å². The summed E-state index contributed by atoms with van der Waals surface area (Å²) < 4.78 is 6.68. The number of β-amino-alcohol motifs (C(OH)–C–C–N with tert-alkyl or cyclic N) is 1. The second kappa shape index (κ2) is 6.77. The molecule has 2 heterocycles. The molecule has 2 atom stereocenters. The fraction of sp³-hybridized carbons (Fsp3) is 0.714. The van der Waals surface area contributed by atoms with Crippen molar-refractivity contribution >= 4 is 17.6 Å². The Morgan fingerprint density at radius 1 is 1.52 bits per heavy atom. The number of aliphatic hydroxyl groups excluding tert-OH is 1. The second-order valence-electron chi connectivity index (χ2n) is 5.23. The van der Waals surface area contributed by atoms with Crippen LogP contribution in [0.2, 0.25) is 5.02 Å². The molecule has 0 aromatic carbocycles. The minimum atomic E-state index is -0.517. The Bertz CT molecular complexity index is 518. The summed E-state index contributed by atoms with van der Waals surface area (Å²) in [4.78, 5) is 13.7. The molecular formula is C14H22ClN3O3. The van der Waals surface area contributed by atoms with E-state index in [1.165, 1.54) is 7.11 Å². The number of esters is 1. The molecule has 1 N–H and O–H groups in total. The van der Waals surface area contributed by atoms with E-state index in [0.717, 1.165) is 17.8 Å². The van der Waals surface area contributed by atoms with Crippen LogP contribution in [-0.2, 0) is 29.0 Å². The predicted molar refractivity (Wildman–Crippen MR) is 79.1 cm³/mol. The first-order chi connectivity index (χ1) is 10.0. The smallest absolute Gasteiger partial charge is 0.323 e. The van der Waals surface area contributed by atoms with Gasteiger partial charge in [-0.2, -0.15) is 5.10 Å². The lowest BCUT2D eigenvalue weighted by Gasteiger charge is -2.22. The summed E-state index contributed by atoms with van der Waals surface area (Å²) in [5.41, 5.74) is 1.75. The highest BCUT2D eigenvalue weighted by Crippen LogP contribution is 2.27. The van der Waals surface area contributed by atoms with E-state index in [2.05, 4.69) is 5.10 Å². The molecule has 0 saturated carbocycles. The average molecular weight is 316 g/mol. The lowest BCUT2D eigenvalue weighted by atomic mass is 10.2. The molecule has 0 amide bonds. The third-order valence-electron chi connectivity index (χ3n) is 3.90. The van der Waals surface area contributed by atoms with Crippen molar-refractivity contribution in [2.75, 3.05) is 13.7 Å². The lowest BCUT2D eigenvalue weighted by Crippen LogP contribution is -2.37. The number of carbonyl (C=O) groups excluding carboxylic acids is 1. The Morgan fingerprint density at radius 3 is 2.81 bits per heavy atom. The number of hydrogen-bond donors (Lipinski definition) is 1. The van der Waals surface area contributed by atoms with E-state index < -0.39 is 12.1 Å². The van der Waals surface area contributed by atoms with Crippen LogP contribution in [0, 0.1) is 0 Å². The molecule has 0 radical (unpaired) electrons. The van der Waals surface area contributed by atoms with Crippen LogP contribution in [0.15, 0.2) is 0 Å². The topological polar surface area (TPSA) is 67.6 Å². The predicted octanol–water partition coefficient (Wildman–Crippen LogP) is 1.23. The molecule has 1 aliphatic heterocycles. The lowest BCUT2D eigenvalue weighted by molar-refractivity contribution is -0.146. The zero-order valence-corrected chi connectivity index (χ0v) is 13.4. The molecule has 1 saturated heterocycles. The number of hydrogen-bond acceptors (Lipinski definition) is 5. The molecule has 2 rings (SSSR count). The summed E-state index contributed by atoms with van der Waals surface area (Å²) in [6, 6.07) is -0.425. The minimum absolute atomic E-state index is 0.319. The molecule has 1 aromatic heterocycles. The first-order valence-corrected chi connectivity index (χ1v) is 7.63. The van der Waals surface area contributed by atoms with Crippen molar-refractivity contribution < 1.29 is 14.6 Å². The summed E-state index contributed by atoms with van der Waals surface area (Å²) in [5.74, 6) is -0.319. The van der Waals surface area contributed by atoms with Crippen LogP contribution in [0.3, 0.4) is 0 Å². The maximum absolute atomic E-state index is 11.8. The van der Waals surface area contributed by atoms with Crippen molar-refractivity contribution in [3.05, 3.63) is 16.4 Å². The number of likely N-dealkylation sites (tertiary alicyclic amines) is 1. The van der Waals surface area contributed by atoms with Gasteiger partial charge in [-0.05, 0) is 13.3 Å². The number of halogens is 1. The van der Waals surface area contributed by atoms with Gasteiger partial charge in [0.2, 0.25) is 0 Å². The van der Waals surface area contributed by atoms with Gasteiger partial charge in [0, 0.05) is 26.1 Å². The molecule has 21 heavy (non-hydrogen) atoms. The molecule has 118 valence electrons. The third-order valence-corrected chi connectivity index (χ3v) is 4.34. The van der Waals surface area contributed by atoms with Gasteiger partial charge in [0.15, 0.2) is 0 Å². The number of methoxy groups -OCH3 is 1. The Hall–Kier alpha value is -1.11.